The smallest absolute Gasteiger partial charge is 0.281 e. The van der Waals surface area contributed by atoms with E-state index >= 15 is 0 Å². The van der Waals surface area contributed by atoms with Gasteiger partial charge in [-0.05, 0) is 37.3 Å². The van der Waals surface area contributed by atoms with Crippen molar-refractivity contribution in [2.24, 2.45) is 0 Å². The summed E-state index contributed by atoms with van der Waals surface area (Å²) in [7, 11) is 0. The number of nitrogens with zero attached hydrogens (tertiary/aromatic N) is 2. The molecule has 3 aromatic rings. The van der Waals surface area contributed by atoms with Crippen LogP contribution in [0.4, 0.5) is 5.69 Å². The fraction of sp³-hybridized carbons (Fsp3) is 0.118. The highest BCUT2D eigenvalue weighted by molar-refractivity contribution is 6.04. The van der Waals surface area contributed by atoms with Crippen LogP contribution in [0.25, 0.3) is 5.65 Å². The maximum Gasteiger partial charge on any atom is 0.281 e. The number of nitrogens with one attached hydrogen (secondary N) is 1. The van der Waals surface area contributed by atoms with E-state index in [1.54, 1.807) is 49.5 Å². The van der Waals surface area contributed by atoms with Crippen molar-refractivity contribution in [1.82, 2.24) is 9.38 Å². The molecule has 1 aliphatic rings. The first kappa shape index (κ1) is 14.3. The Kier molecular flexibility index (Phi) is 3.19. The maximum absolute atomic E-state index is 12.6. The quantitative estimate of drug-likeness (QED) is 0.780. The minimum Gasteiger partial charge on any atom is -0.454 e. The van der Waals surface area contributed by atoms with Gasteiger partial charge >= 0.3 is 0 Å². The number of fused-ring (bicyclic) bond motifs is 2. The second kappa shape index (κ2) is 5.38. The first-order valence-corrected chi connectivity index (χ1v) is 7.32. The summed E-state index contributed by atoms with van der Waals surface area (Å²) in [6.07, 6.45) is 1.61. The van der Waals surface area contributed by atoms with Crippen LogP contribution in [-0.2, 0) is 0 Å². The monoisotopic (exact) mass is 323 g/mol. The number of amides is 1. The molecule has 0 aliphatic carbocycles. The van der Waals surface area contributed by atoms with Crippen molar-refractivity contribution in [1.29, 1.82) is 0 Å². The second-order valence-electron chi connectivity index (χ2n) is 5.33. The summed E-state index contributed by atoms with van der Waals surface area (Å²) in [4.78, 5) is 29.4. The SMILES string of the molecule is Cc1nc2ccccn2c(=O)c1NC(=O)c1ccc2c(c1)OCO2. The molecule has 7 nitrogen and oxygen atoms in total. The van der Waals surface area contributed by atoms with E-state index in [4.69, 9.17) is 9.47 Å². The Hall–Kier alpha value is -3.35. The minimum atomic E-state index is -0.411. The lowest BCUT2D eigenvalue weighted by Crippen LogP contribution is -2.24. The Balaban J connectivity index is 1.71. The Morgan fingerprint density at radius 3 is 2.92 bits per heavy atom. The van der Waals surface area contributed by atoms with Gasteiger partial charge in [0, 0.05) is 11.8 Å². The first-order valence-electron chi connectivity index (χ1n) is 7.32. The second-order valence-corrected chi connectivity index (χ2v) is 5.33. The number of hydrogen-bond donors (Lipinski definition) is 1. The van der Waals surface area contributed by atoms with Gasteiger partial charge in [0.25, 0.3) is 11.5 Å². The number of carbonyl (C=O) groups excluding carboxylic acids is 1. The Bertz CT molecular complexity index is 1030. The van der Waals surface area contributed by atoms with Gasteiger partial charge in [-0.15, -0.1) is 0 Å². The summed E-state index contributed by atoms with van der Waals surface area (Å²) in [6, 6.07) is 10.1. The molecule has 0 unspecified atom stereocenters. The van der Waals surface area contributed by atoms with Crippen LogP contribution < -0.4 is 20.3 Å². The van der Waals surface area contributed by atoms with Gasteiger partial charge in [0.05, 0.1) is 5.69 Å². The number of aromatic nitrogens is 2. The highest BCUT2D eigenvalue weighted by Crippen LogP contribution is 2.32. The first-order chi connectivity index (χ1) is 11.6. The fourth-order valence-corrected chi connectivity index (χ4v) is 2.57. The summed E-state index contributed by atoms with van der Waals surface area (Å²) in [5.74, 6) is 0.689. The highest BCUT2D eigenvalue weighted by Gasteiger charge is 2.18. The van der Waals surface area contributed by atoms with Crippen LogP contribution in [0, 0.1) is 6.92 Å². The van der Waals surface area contributed by atoms with Crippen molar-refractivity contribution in [2.75, 3.05) is 12.1 Å². The molecule has 1 aliphatic heterocycles. The lowest BCUT2D eigenvalue weighted by Gasteiger charge is -2.09. The number of rotatable bonds is 2. The number of anilines is 1. The number of aryl methyl sites for hydroxylation is 1. The van der Waals surface area contributed by atoms with Crippen molar-refractivity contribution in [2.45, 2.75) is 6.92 Å². The van der Waals surface area contributed by atoms with E-state index in [9.17, 15) is 9.59 Å². The molecule has 0 fully saturated rings. The molecule has 3 heterocycles. The molecule has 1 amide bonds. The topological polar surface area (TPSA) is 81.9 Å². The van der Waals surface area contributed by atoms with Gasteiger partial charge in [-0.3, -0.25) is 14.0 Å². The van der Waals surface area contributed by atoms with E-state index in [0.29, 0.717) is 28.4 Å². The van der Waals surface area contributed by atoms with E-state index in [1.807, 2.05) is 0 Å². The van der Waals surface area contributed by atoms with Crippen LogP contribution in [0.1, 0.15) is 16.1 Å². The number of carbonyl (C=O) groups is 1. The van der Waals surface area contributed by atoms with Gasteiger partial charge in [0.2, 0.25) is 6.79 Å². The van der Waals surface area contributed by atoms with Crippen LogP contribution in [0.5, 0.6) is 11.5 Å². The van der Waals surface area contributed by atoms with E-state index in [2.05, 4.69) is 10.3 Å². The van der Waals surface area contributed by atoms with Crippen LogP contribution in [0.3, 0.4) is 0 Å². The molecule has 0 bridgehead atoms. The predicted molar refractivity (Wildman–Crippen MR) is 86.7 cm³/mol. The lowest BCUT2D eigenvalue weighted by atomic mass is 10.2. The third-order valence-corrected chi connectivity index (χ3v) is 3.79. The molecule has 1 aromatic carbocycles. The zero-order valence-electron chi connectivity index (χ0n) is 12.8. The molecule has 0 atom stereocenters. The number of ether oxygens (including phenoxy) is 2. The van der Waals surface area contributed by atoms with Crippen molar-refractivity contribution >= 4 is 17.2 Å². The molecule has 0 saturated heterocycles. The van der Waals surface area contributed by atoms with Gasteiger partial charge < -0.3 is 14.8 Å². The maximum atomic E-state index is 12.6. The Labute approximate surface area is 136 Å². The van der Waals surface area contributed by atoms with Crippen LogP contribution in [0.2, 0.25) is 0 Å². The van der Waals surface area contributed by atoms with E-state index in [1.165, 1.54) is 4.40 Å². The third-order valence-electron chi connectivity index (χ3n) is 3.79. The molecule has 0 radical (unpaired) electrons. The minimum absolute atomic E-state index is 0.134. The van der Waals surface area contributed by atoms with Crippen molar-refractivity contribution in [3.8, 4) is 11.5 Å². The highest BCUT2D eigenvalue weighted by atomic mass is 16.7. The van der Waals surface area contributed by atoms with Crippen LogP contribution in [0.15, 0.2) is 47.4 Å². The zero-order chi connectivity index (χ0) is 16.7. The summed E-state index contributed by atoms with van der Waals surface area (Å²) in [6.45, 7) is 1.82. The summed E-state index contributed by atoms with van der Waals surface area (Å²) >= 11 is 0. The molecule has 0 spiro atoms. The normalized spacial score (nSPS) is 12.4. The van der Waals surface area contributed by atoms with E-state index < -0.39 is 5.91 Å². The molecule has 0 saturated carbocycles. The van der Waals surface area contributed by atoms with Crippen molar-refractivity contribution < 1.29 is 14.3 Å². The zero-order valence-corrected chi connectivity index (χ0v) is 12.8. The summed E-state index contributed by atoms with van der Waals surface area (Å²) in [5, 5.41) is 2.65. The predicted octanol–water partition coefficient (Wildman–Crippen LogP) is 1.98. The number of pyridine rings is 1. The Morgan fingerprint density at radius 1 is 1.21 bits per heavy atom. The summed E-state index contributed by atoms with van der Waals surface area (Å²) < 4.78 is 11.9. The average Bonchev–Trinajstić information content (AvgIpc) is 3.06. The van der Waals surface area contributed by atoms with Gasteiger partial charge in [0.15, 0.2) is 11.5 Å². The molecule has 7 heteroatoms. The van der Waals surface area contributed by atoms with Crippen LogP contribution in [-0.4, -0.2) is 22.1 Å². The van der Waals surface area contributed by atoms with Crippen LogP contribution >= 0.6 is 0 Å². The van der Waals surface area contributed by atoms with E-state index in [0.717, 1.165) is 0 Å². The molecule has 120 valence electrons. The fourth-order valence-electron chi connectivity index (χ4n) is 2.57. The number of benzene rings is 1. The lowest BCUT2D eigenvalue weighted by molar-refractivity contribution is 0.102. The number of hydrogen-bond acceptors (Lipinski definition) is 5. The van der Waals surface area contributed by atoms with Crippen molar-refractivity contribution in [3.63, 3.8) is 0 Å². The molecule has 1 N–H and O–H groups in total. The molecular weight excluding hydrogens is 310 g/mol. The average molecular weight is 323 g/mol. The molecular formula is C17H13N3O4. The molecule has 4 rings (SSSR count). The van der Waals surface area contributed by atoms with Gasteiger partial charge in [-0.2, -0.15) is 0 Å². The Morgan fingerprint density at radius 2 is 2.04 bits per heavy atom. The van der Waals surface area contributed by atoms with Crippen molar-refractivity contribution in [3.05, 3.63) is 64.2 Å². The van der Waals surface area contributed by atoms with Gasteiger partial charge in [0.1, 0.15) is 11.3 Å². The summed E-state index contributed by atoms with van der Waals surface area (Å²) in [5.41, 5.74) is 1.19. The third kappa shape index (κ3) is 2.26. The van der Waals surface area contributed by atoms with Gasteiger partial charge in [-0.1, -0.05) is 6.07 Å². The molecule has 2 aromatic heterocycles. The standard InChI is InChI=1S/C17H13N3O4/c1-10-15(17(22)20-7-3-2-4-14(20)18-10)19-16(21)11-5-6-12-13(8-11)24-9-23-12/h2-8H,9H2,1H3,(H,19,21). The largest absolute Gasteiger partial charge is 0.454 e. The van der Waals surface area contributed by atoms with Gasteiger partial charge in [-0.25, -0.2) is 4.98 Å². The molecule has 24 heavy (non-hydrogen) atoms. The van der Waals surface area contributed by atoms with E-state index in [-0.39, 0.29) is 18.0 Å².